The number of hydrogen-bond donors (Lipinski definition) is 1. The predicted octanol–water partition coefficient (Wildman–Crippen LogP) is 2.15. The van der Waals surface area contributed by atoms with Crippen molar-refractivity contribution in [2.75, 3.05) is 39.8 Å². The number of amides is 2. The second-order valence-electron chi connectivity index (χ2n) is 7.44. The van der Waals surface area contributed by atoms with Crippen LogP contribution in [0.1, 0.15) is 43.0 Å². The minimum absolute atomic E-state index is 0.0315. The summed E-state index contributed by atoms with van der Waals surface area (Å²) in [7, 11) is 1.60. The molecule has 3 rings (SSSR count). The maximum Gasteiger partial charge on any atom is 0.254 e. The van der Waals surface area contributed by atoms with E-state index in [1.165, 1.54) is 12.8 Å². The fraction of sp³-hybridized carbons (Fsp3) is 0.619. The van der Waals surface area contributed by atoms with Crippen LogP contribution in [0.25, 0.3) is 0 Å². The van der Waals surface area contributed by atoms with Crippen LogP contribution in [-0.2, 0) is 4.79 Å². The molecule has 0 spiro atoms. The van der Waals surface area contributed by atoms with Gasteiger partial charge in [-0.3, -0.25) is 14.5 Å². The number of carbonyl (C=O) groups excluding carboxylic acids is 2. The largest absolute Gasteiger partial charge is 0.497 e. The smallest absolute Gasteiger partial charge is 0.254 e. The fourth-order valence-corrected chi connectivity index (χ4v) is 4.37. The van der Waals surface area contributed by atoms with E-state index in [1.54, 1.807) is 13.2 Å². The zero-order valence-electron chi connectivity index (χ0n) is 16.4. The molecular weight excluding hydrogens is 342 g/mol. The Hall–Kier alpha value is -2.08. The van der Waals surface area contributed by atoms with Crippen molar-refractivity contribution in [3.05, 3.63) is 29.8 Å². The van der Waals surface area contributed by atoms with Crippen LogP contribution >= 0.6 is 0 Å². The lowest BCUT2D eigenvalue weighted by molar-refractivity contribution is -0.129. The third-order valence-corrected chi connectivity index (χ3v) is 5.78. The van der Waals surface area contributed by atoms with E-state index in [0.717, 1.165) is 25.9 Å². The van der Waals surface area contributed by atoms with E-state index in [1.807, 2.05) is 30.0 Å². The highest BCUT2D eigenvalue weighted by atomic mass is 16.5. The van der Waals surface area contributed by atoms with E-state index in [4.69, 9.17) is 4.74 Å². The van der Waals surface area contributed by atoms with Crippen molar-refractivity contribution in [2.24, 2.45) is 5.92 Å². The van der Waals surface area contributed by atoms with Crippen molar-refractivity contribution in [2.45, 2.75) is 38.6 Å². The van der Waals surface area contributed by atoms with Gasteiger partial charge in [-0.05, 0) is 43.9 Å². The Balaban J connectivity index is 1.63. The van der Waals surface area contributed by atoms with Gasteiger partial charge in [-0.15, -0.1) is 0 Å². The van der Waals surface area contributed by atoms with Crippen LogP contribution < -0.4 is 10.1 Å². The summed E-state index contributed by atoms with van der Waals surface area (Å²) in [5.41, 5.74) is 0.652. The molecule has 1 aromatic carbocycles. The van der Waals surface area contributed by atoms with E-state index in [9.17, 15) is 9.59 Å². The molecule has 0 radical (unpaired) electrons. The van der Waals surface area contributed by atoms with Gasteiger partial charge in [0.15, 0.2) is 0 Å². The van der Waals surface area contributed by atoms with E-state index >= 15 is 0 Å². The zero-order valence-corrected chi connectivity index (χ0v) is 16.4. The third kappa shape index (κ3) is 4.61. The molecule has 1 heterocycles. The van der Waals surface area contributed by atoms with Crippen LogP contribution in [0.3, 0.4) is 0 Å². The van der Waals surface area contributed by atoms with Gasteiger partial charge >= 0.3 is 0 Å². The molecule has 2 aliphatic rings. The molecule has 0 aromatic heterocycles. The first kappa shape index (κ1) is 19.7. The maximum absolute atomic E-state index is 12.8. The Morgan fingerprint density at radius 3 is 2.52 bits per heavy atom. The number of nitrogens with one attached hydrogen (secondary N) is 1. The lowest BCUT2D eigenvalue weighted by Gasteiger charge is -2.40. The fourth-order valence-electron chi connectivity index (χ4n) is 4.37. The van der Waals surface area contributed by atoms with Crippen LogP contribution in [0.2, 0.25) is 0 Å². The minimum Gasteiger partial charge on any atom is -0.497 e. The molecule has 6 heteroatoms. The Morgan fingerprint density at radius 1 is 1.19 bits per heavy atom. The molecule has 1 N–H and O–H groups in total. The van der Waals surface area contributed by atoms with E-state index in [-0.39, 0.29) is 17.9 Å². The molecule has 1 aliphatic carbocycles. The lowest BCUT2D eigenvalue weighted by Crippen LogP contribution is -2.58. The highest BCUT2D eigenvalue weighted by molar-refractivity contribution is 5.94. The molecule has 27 heavy (non-hydrogen) atoms. The van der Waals surface area contributed by atoms with Gasteiger partial charge in [0.1, 0.15) is 5.75 Å². The minimum atomic E-state index is -0.0541. The van der Waals surface area contributed by atoms with Crippen LogP contribution in [0.5, 0.6) is 5.75 Å². The first-order chi connectivity index (χ1) is 13.1. The molecule has 1 saturated carbocycles. The van der Waals surface area contributed by atoms with Gasteiger partial charge < -0.3 is 15.0 Å². The molecule has 0 unspecified atom stereocenters. The molecule has 1 atom stereocenters. The summed E-state index contributed by atoms with van der Waals surface area (Å²) in [6, 6.07) is 7.24. The lowest BCUT2D eigenvalue weighted by atomic mass is 9.95. The molecule has 0 bridgehead atoms. The number of hydrogen-bond acceptors (Lipinski definition) is 4. The first-order valence-electron chi connectivity index (χ1n) is 10.1. The Bertz CT molecular complexity index is 650. The monoisotopic (exact) mass is 373 g/mol. The average molecular weight is 373 g/mol. The number of carbonyl (C=O) groups is 2. The van der Waals surface area contributed by atoms with Gasteiger partial charge in [-0.25, -0.2) is 0 Å². The van der Waals surface area contributed by atoms with Gasteiger partial charge in [0.05, 0.1) is 13.2 Å². The second kappa shape index (κ2) is 9.22. The molecular formula is C21H31N3O3. The van der Waals surface area contributed by atoms with Gasteiger partial charge in [0.25, 0.3) is 5.91 Å². The van der Waals surface area contributed by atoms with Gasteiger partial charge in [-0.2, -0.15) is 0 Å². The second-order valence-corrected chi connectivity index (χ2v) is 7.44. The van der Waals surface area contributed by atoms with E-state index in [2.05, 4.69) is 10.2 Å². The summed E-state index contributed by atoms with van der Waals surface area (Å²) >= 11 is 0. The van der Waals surface area contributed by atoms with Crippen molar-refractivity contribution < 1.29 is 14.3 Å². The standard InChI is InChI=1S/C21H31N3O3/c1-3-22-20(25)19(16-7-4-5-8-16)23-11-13-24(14-12-23)21(26)17-9-6-10-18(15-17)27-2/h6,9-10,15-16,19H,3-5,7-8,11-14H2,1-2H3,(H,22,25)/t19-/m0/s1. The first-order valence-corrected chi connectivity index (χ1v) is 10.1. The van der Waals surface area contributed by atoms with Crippen LogP contribution in [-0.4, -0.2) is 67.5 Å². The summed E-state index contributed by atoms with van der Waals surface area (Å²) in [6.07, 6.45) is 4.69. The Labute approximate surface area is 161 Å². The molecule has 148 valence electrons. The highest BCUT2D eigenvalue weighted by Gasteiger charge is 2.37. The SMILES string of the molecule is CCNC(=O)[C@H](C1CCCC1)N1CCN(C(=O)c2cccc(OC)c2)CC1. The van der Waals surface area contributed by atoms with Crippen LogP contribution in [0, 0.1) is 5.92 Å². The topological polar surface area (TPSA) is 61.9 Å². The number of ether oxygens (including phenoxy) is 1. The summed E-state index contributed by atoms with van der Waals surface area (Å²) < 4.78 is 5.22. The number of methoxy groups -OCH3 is 1. The van der Waals surface area contributed by atoms with Crippen LogP contribution in [0.15, 0.2) is 24.3 Å². The van der Waals surface area contributed by atoms with Crippen LogP contribution in [0.4, 0.5) is 0 Å². The number of nitrogens with zero attached hydrogens (tertiary/aromatic N) is 2. The summed E-state index contributed by atoms with van der Waals surface area (Å²) in [4.78, 5) is 29.7. The van der Waals surface area contributed by atoms with Gasteiger partial charge in [-0.1, -0.05) is 18.9 Å². The summed E-state index contributed by atoms with van der Waals surface area (Å²) in [5, 5.41) is 3.02. The molecule has 2 amide bonds. The Morgan fingerprint density at radius 2 is 1.89 bits per heavy atom. The van der Waals surface area contributed by atoms with E-state index in [0.29, 0.717) is 36.9 Å². The van der Waals surface area contributed by atoms with Crippen molar-refractivity contribution in [1.29, 1.82) is 0 Å². The van der Waals surface area contributed by atoms with Crippen molar-refractivity contribution >= 4 is 11.8 Å². The number of rotatable bonds is 6. The zero-order chi connectivity index (χ0) is 19.2. The molecule has 1 saturated heterocycles. The van der Waals surface area contributed by atoms with Gasteiger partial charge in [0.2, 0.25) is 5.91 Å². The van der Waals surface area contributed by atoms with Crippen molar-refractivity contribution in [3.8, 4) is 5.75 Å². The summed E-state index contributed by atoms with van der Waals surface area (Å²) in [5.74, 6) is 1.31. The normalized spacial score (nSPS) is 19.7. The molecule has 1 aliphatic heterocycles. The molecule has 6 nitrogen and oxygen atoms in total. The predicted molar refractivity (Wildman–Crippen MR) is 105 cm³/mol. The van der Waals surface area contributed by atoms with Crippen molar-refractivity contribution in [3.63, 3.8) is 0 Å². The van der Waals surface area contributed by atoms with Crippen molar-refractivity contribution in [1.82, 2.24) is 15.1 Å². The number of benzene rings is 1. The quantitative estimate of drug-likeness (QED) is 0.830. The highest BCUT2D eigenvalue weighted by Crippen LogP contribution is 2.31. The Kier molecular flexibility index (Phi) is 6.72. The van der Waals surface area contributed by atoms with E-state index < -0.39 is 0 Å². The summed E-state index contributed by atoms with van der Waals surface area (Å²) in [6.45, 7) is 5.42. The molecule has 2 fully saturated rings. The average Bonchev–Trinajstić information content (AvgIpc) is 3.22. The maximum atomic E-state index is 12.8. The van der Waals surface area contributed by atoms with Gasteiger partial charge in [0, 0.05) is 38.3 Å². The number of likely N-dealkylation sites (N-methyl/N-ethyl adjacent to an activating group) is 1. The molecule has 1 aromatic rings. The number of piperazine rings is 1. The third-order valence-electron chi connectivity index (χ3n) is 5.78.